The zero-order valence-electron chi connectivity index (χ0n) is 18.5. The SMILES string of the molecule is Cc1cc([C@H]2[C@H](c3ccccn3)NC(=S)N2c2ccc(Br)cc2)c(C)n1-c1cccc(Cl)c1Cl. The highest BCUT2D eigenvalue weighted by Gasteiger charge is 2.42. The van der Waals surface area contributed by atoms with Crippen LogP contribution in [0.2, 0.25) is 10.0 Å². The lowest BCUT2D eigenvalue weighted by atomic mass is 9.96. The average Bonchev–Trinajstić information content (AvgIpc) is 3.32. The molecule has 2 atom stereocenters. The summed E-state index contributed by atoms with van der Waals surface area (Å²) < 4.78 is 3.17. The Balaban J connectivity index is 1.70. The number of nitrogens with one attached hydrogen (secondary N) is 1. The normalized spacial score (nSPS) is 17.8. The number of aromatic nitrogens is 2. The molecule has 4 nitrogen and oxygen atoms in total. The molecule has 5 rings (SSSR count). The second kappa shape index (κ2) is 9.34. The molecule has 0 spiro atoms. The van der Waals surface area contributed by atoms with E-state index in [1.54, 1.807) is 6.07 Å². The van der Waals surface area contributed by atoms with Crippen molar-refractivity contribution in [3.05, 3.63) is 110 Å². The van der Waals surface area contributed by atoms with Gasteiger partial charge in [0.25, 0.3) is 0 Å². The van der Waals surface area contributed by atoms with Crippen molar-refractivity contribution in [3.63, 3.8) is 0 Å². The molecule has 0 radical (unpaired) electrons. The molecular formula is C26H21BrCl2N4S. The maximum atomic E-state index is 6.62. The fourth-order valence-corrected chi connectivity index (χ4v) is 5.66. The van der Waals surface area contributed by atoms with Crippen LogP contribution in [0.5, 0.6) is 0 Å². The fraction of sp³-hybridized carbons (Fsp3) is 0.154. The molecule has 0 amide bonds. The summed E-state index contributed by atoms with van der Waals surface area (Å²) in [6.07, 6.45) is 1.81. The molecule has 172 valence electrons. The second-order valence-corrected chi connectivity index (χ2v) is 10.3. The Bertz CT molecular complexity index is 1370. The molecular weight excluding hydrogens is 551 g/mol. The van der Waals surface area contributed by atoms with Gasteiger partial charge in [0.15, 0.2) is 5.11 Å². The van der Waals surface area contributed by atoms with E-state index in [0.29, 0.717) is 15.2 Å². The molecule has 1 N–H and O–H groups in total. The van der Waals surface area contributed by atoms with Crippen LogP contribution in [0.25, 0.3) is 5.69 Å². The number of hydrogen-bond donors (Lipinski definition) is 1. The zero-order chi connectivity index (χ0) is 24.0. The predicted octanol–water partition coefficient (Wildman–Crippen LogP) is 7.74. The number of nitrogens with zero attached hydrogens (tertiary/aromatic N) is 3. The van der Waals surface area contributed by atoms with Gasteiger partial charge in [-0.05, 0) is 86.2 Å². The lowest BCUT2D eigenvalue weighted by molar-refractivity contribution is 0.565. The number of hydrogen-bond acceptors (Lipinski definition) is 2. The predicted molar refractivity (Wildman–Crippen MR) is 147 cm³/mol. The van der Waals surface area contributed by atoms with Gasteiger partial charge in [-0.25, -0.2) is 0 Å². The molecule has 8 heteroatoms. The summed E-state index contributed by atoms with van der Waals surface area (Å²) >= 11 is 22.4. The van der Waals surface area contributed by atoms with Crippen molar-refractivity contribution >= 4 is 62.1 Å². The van der Waals surface area contributed by atoms with Crippen LogP contribution in [-0.2, 0) is 0 Å². The minimum atomic E-state index is -0.124. The molecule has 1 fully saturated rings. The summed E-state index contributed by atoms with van der Waals surface area (Å²) in [7, 11) is 0. The number of rotatable bonds is 4. The third-order valence-corrected chi connectivity index (χ3v) is 7.82. The van der Waals surface area contributed by atoms with Gasteiger partial charge in [-0.3, -0.25) is 4.98 Å². The van der Waals surface area contributed by atoms with E-state index in [0.717, 1.165) is 38.5 Å². The fourth-order valence-electron chi connectivity index (χ4n) is 4.67. The van der Waals surface area contributed by atoms with Crippen LogP contribution in [0.3, 0.4) is 0 Å². The van der Waals surface area contributed by atoms with E-state index in [9.17, 15) is 0 Å². The largest absolute Gasteiger partial charge is 0.351 e. The highest BCUT2D eigenvalue weighted by Crippen LogP contribution is 2.44. The third-order valence-electron chi connectivity index (χ3n) is 6.16. The van der Waals surface area contributed by atoms with Crippen LogP contribution in [0.1, 0.15) is 34.7 Å². The van der Waals surface area contributed by atoms with Crippen molar-refractivity contribution in [2.24, 2.45) is 0 Å². The quantitative estimate of drug-likeness (QED) is 0.254. The lowest BCUT2D eigenvalue weighted by Gasteiger charge is -2.28. The molecule has 1 aliphatic rings. The van der Waals surface area contributed by atoms with Gasteiger partial charge in [0.05, 0.1) is 33.5 Å². The average molecular weight is 572 g/mol. The molecule has 34 heavy (non-hydrogen) atoms. The van der Waals surface area contributed by atoms with Gasteiger partial charge in [-0.15, -0.1) is 0 Å². The van der Waals surface area contributed by atoms with E-state index >= 15 is 0 Å². The summed E-state index contributed by atoms with van der Waals surface area (Å²) in [5, 5.41) is 5.24. The second-order valence-electron chi connectivity index (χ2n) is 8.21. The zero-order valence-corrected chi connectivity index (χ0v) is 22.4. The van der Waals surface area contributed by atoms with Crippen LogP contribution >= 0.6 is 51.3 Å². The first-order valence-electron chi connectivity index (χ1n) is 10.8. The number of anilines is 1. The Hall–Kier alpha value is -2.38. The van der Waals surface area contributed by atoms with Gasteiger partial charge in [0, 0.05) is 27.7 Å². The first kappa shape index (κ1) is 23.4. The van der Waals surface area contributed by atoms with E-state index in [2.05, 4.69) is 67.7 Å². The number of halogens is 3. The number of benzene rings is 2. The summed E-state index contributed by atoms with van der Waals surface area (Å²) in [5.41, 5.74) is 6.06. The highest BCUT2D eigenvalue weighted by molar-refractivity contribution is 9.10. The molecule has 3 heterocycles. The summed E-state index contributed by atoms with van der Waals surface area (Å²) in [5.74, 6) is 0. The Morgan fingerprint density at radius 2 is 1.76 bits per heavy atom. The van der Waals surface area contributed by atoms with E-state index in [4.69, 9.17) is 35.4 Å². The van der Waals surface area contributed by atoms with Gasteiger partial charge >= 0.3 is 0 Å². The smallest absolute Gasteiger partial charge is 0.174 e. The molecule has 2 aromatic heterocycles. The first-order chi connectivity index (χ1) is 16.4. The molecule has 0 bridgehead atoms. The molecule has 0 saturated carbocycles. The maximum Gasteiger partial charge on any atom is 0.174 e. The maximum absolute atomic E-state index is 6.62. The van der Waals surface area contributed by atoms with Gasteiger partial charge in [-0.1, -0.05) is 51.3 Å². The van der Waals surface area contributed by atoms with Crippen molar-refractivity contribution in [1.29, 1.82) is 0 Å². The van der Waals surface area contributed by atoms with Crippen molar-refractivity contribution < 1.29 is 0 Å². The Morgan fingerprint density at radius 3 is 2.47 bits per heavy atom. The van der Waals surface area contributed by atoms with Gasteiger partial charge in [0.1, 0.15) is 0 Å². The summed E-state index contributed by atoms with van der Waals surface area (Å²) in [6.45, 7) is 4.18. The molecule has 0 unspecified atom stereocenters. The standard InChI is InChI=1S/C26H21BrCl2N4S/c1-15-14-19(16(2)32(15)22-8-5-6-20(28)23(22)29)25-24(21-7-3-4-13-30-21)31-26(34)33(25)18-11-9-17(27)10-12-18/h3-14,24-25H,1-2H3,(H,31,34)/t24-,25-/m0/s1. The van der Waals surface area contributed by atoms with Crippen LogP contribution < -0.4 is 10.2 Å². The third kappa shape index (κ3) is 4.03. The van der Waals surface area contributed by atoms with Gasteiger partial charge in [0.2, 0.25) is 0 Å². The van der Waals surface area contributed by atoms with Crippen LogP contribution in [0, 0.1) is 13.8 Å². The number of aryl methyl sites for hydroxylation is 1. The van der Waals surface area contributed by atoms with E-state index in [1.807, 2.05) is 48.7 Å². The molecule has 0 aliphatic carbocycles. The molecule has 1 saturated heterocycles. The van der Waals surface area contributed by atoms with E-state index in [-0.39, 0.29) is 12.1 Å². The van der Waals surface area contributed by atoms with Crippen LogP contribution in [0.4, 0.5) is 5.69 Å². The van der Waals surface area contributed by atoms with Crippen LogP contribution in [0.15, 0.2) is 77.4 Å². The topological polar surface area (TPSA) is 33.1 Å². The Kier molecular flexibility index (Phi) is 6.42. The van der Waals surface area contributed by atoms with Crippen molar-refractivity contribution in [2.45, 2.75) is 25.9 Å². The van der Waals surface area contributed by atoms with E-state index < -0.39 is 0 Å². The Labute approximate surface area is 222 Å². The number of thiocarbonyl (C=S) groups is 1. The van der Waals surface area contributed by atoms with Crippen molar-refractivity contribution in [3.8, 4) is 5.69 Å². The van der Waals surface area contributed by atoms with Crippen molar-refractivity contribution in [1.82, 2.24) is 14.9 Å². The minimum absolute atomic E-state index is 0.110. The number of pyridine rings is 1. The monoisotopic (exact) mass is 570 g/mol. The van der Waals surface area contributed by atoms with Gasteiger partial charge < -0.3 is 14.8 Å². The van der Waals surface area contributed by atoms with Gasteiger partial charge in [-0.2, -0.15) is 0 Å². The van der Waals surface area contributed by atoms with Crippen molar-refractivity contribution in [2.75, 3.05) is 4.90 Å². The first-order valence-corrected chi connectivity index (χ1v) is 12.7. The summed E-state index contributed by atoms with van der Waals surface area (Å²) in [4.78, 5) is 6.83. The van der Waals surface area contributed by atoms with E-state index in [1.165, 1.54) is 0 Å². The summed E-state index contributed by atoms with van der Waals surface area (Å²) in [6, 6.07) is 21.8. The molecule has 2 aromatic carbocycles. The highest BCUT2D eigenvalue weighted by atomic mass is 79.9. The minimum Gasteiger partial charge on any atom is -0.351 e. The molecule has 1 aliphatic heterocycles. The van der Waals surface area contributed by atoms with Crippen LogP contribution in [-0.4, -0.2) is 14.7 Å². The molecule has 4 aromatic rings. The lowest BCUT2D eigenvalue weighted by Crippen LogP contribution is -2.29. The Morgan fingerprint density at radius 1 is 1.00 bits per heavy atom.